The topological polar surface area (TPSA) is 39.1 Å². The molecule has 16 heavy (non-hydrogen) atoms. The van der Waals surface area contributed by atoms with Crippen molar-refractivity contribution in [3.8, 4) is 0 Å². The number of rotatable bonds is 1. The molecule has 2 radical (unpaired) electrons. The molecule has 0 N–H and O–H groups in total. The van der Waals surface area contributed by atoms with Crippen LogP contribution in [0, 0.1) is 13.8 Å². The van der Waals surface area contributed by atoms with Crippen LogP contribution in [0.5, 0.6) is 0 Å². The summed E-state index contributed by atoms with van der Waals surface area (Å²) in [5.74, 6) is 0. The summed E-state index contributed by atoms with van der Waals surface area (Å²) >= 11 is 0. The van der Waals surface area contributed by atoms with Gasteiger partial charge in [-0.25, -0.2) is 12.4 Å². The van der Waals surface area contributed by atoms with Crippen LogP contribution in [0.1, 0.15) is 11.1 Å². The monoisotopic (exact) mass is 233 g/mol. The number of aromatic nitrogens is 1. The van der Waals surface area contributed by atoms with Gasteiger partial charge in [0.1, 0.15) is 7.85 Å². The van der Waals surface area contributed by atoms with Crippen molar-refractivity contribution in [2.75, 3.05) is 6.26 Å². The maximum Gasteiger partial charge on any atom is 0.236 e. The first-order chi connectivity index (χ1) is 7.32. The molecule has 0 aliphatic carbocycles. The van der Waals surface area contributed by atoms with Gasteiger partial charge in [0.2, 0.25) is 10.0 Å². The van der Waals surface area contributed by atoms with E-state index in [-0.39, 0.29) is 0 Å². The lowest BCUT2D eigenvalue weighted by atomic mass is 9.85. The largest absolute Gasteiger partial charge is 0.245 e. The van der Waals surface area contributed by atoms with E-state index in [4.69, 9.17) is 7.85 Å². The van der Waals surface area contributed by atoms with E-state index in [0.717, 1.165) is 22.0 Å². The van der Waals surface area contributed by atoms with Crippen molar-refractivity contribution in [1.82, 2.24) is 3.97 Å². The molecule has 0 atom stereocenters. The van der Waals surface area contributed by atoms with Gasteiger partial charge in [0.15, 0.2) is 0 Å². The van der Waals surface area contributed by atoms with Crippen molar-refractivity contribution in [2.24, 2.45) is 0 Å². The highest BCUT2D eigenvalue weighted by molar-refractivity contribution is 7.89. The Hall–Kier alpha value is -1.23. The van der Waals surface area contributed by atoms with E-state index in [0.29, 0.717) is 5.52 Å². The van der Waals surface area contributed by atoms with E-state index < -0.39 is 10.0 Å². The van der Waals surface area contributed by atoms with Gasteiger partial charge in [-0.05, 0) is 31.5 Å². The Morgan fingerprint density at radius 1 is 1.31 bits per heavy atom. The predicted molar refractivity (Wildman–Crippen MR) is 67.0 cm³/mol. The average molecular weight is 233 g/mol. The molecular weight excluding hydrogens is 221 g/mol. The summed E-state index contributed by atoms with van der Waals surface area (Å²) in [5, 5.41) is 0.883. The summed E-state index contributed by atoms with van der Waals surface area (Å²) in [4.78, 5) is 0. The van der Waals surface area contributed by atoms with E-state index in [2.05, 4.69) is 0 Å². The molecule has 2 rings (SSSR count). The number of benzene rings is 1. The molecule has 5 heteroatoms. The lowest BCUT2D eigenvalue weighted by Crippen LogP contribution is -2.13. The highest BCUT2D eigenvalue weighted by Crippen LogP contribution is 2.21. The fourth-order valence-corrected chi connectivity index (χ4v) is 2.69. The predicted octanol–water partition coefficient (Wildman–Crippen LogP) is 0.860. The lowest BCUT2D eigenvalue weighted by Gasteiger charge is -2.09. The van der Waals surface area contributed by atoms with E-state index >= 15 is 0 Å². The number of fused-ring (bicyclic) bond motifs is 1. The Morgan fingerprint density at radius 2 is 1.94 bits per heavy atom. The fourth-order valence-electron chi connectivity index (χ4n) is 1.90. The molecular formula is C11H12BNO2S. The van der Waals surface area contributed by atoms with Crippen molar-refractivity contribution in [1.29, 1.82) is 0 Å². The zero-order valence-electron chi connectivity index (χ0n) is 9.48. The lowest BCUT2D eigenvalue weighted by molar-refractivity contribution is 0.595. The summed E-state index contributed by atoms with van der Waals surface area (Å²) in [7, 11) is 2.65. The third-order valence-corrected chi connectivity index (χ3v) is 3.87. The normalized spacial score (nSPS) is 12.2. The summed E-state index contributed by atoms with van der Waals surface area (Å²) in [5.41, 5.74) is 3.23. The minimum Gasteiger partial charge on any atom is -0.245 e. The summed E-state index contributed by atoms with van der Waals surface area (Å²) in [6.07, 6.45) is 2.75. The second-order valence-corrected chi connectivity index (χ2v) is 5.90. The SMILES string of the molecule is [B]c1c(C)cc2c(ccn2S(C)(=O)=O)c1C. The van der Waals surface area contributed by atoms with Gasteiger partial charge in [-0.3, -0.25) is 0 Å². The van der Waals surface area contributed by atoms with Crippen LogP contribution in [0.2, 0.25) is 0 Å². The van der Waals surface area contributed by atoms with Crippen molar-refractivity contribution in [2.45, 2.75) is 13.8 Å². The first-order valence-electron chi connectivity index (χ1n) is 4.89. The van der Waals surface area contributed by atoms with E-state index in [1.165, 1.54) is 10.2 Å². The molecule has 3 nitrogen and oxygen atoms in total. The van der Waals surface area contributed by atoms with Gasteiger partial charge in [0, 0.05) is 11.6 Å². The van der Waals surface area contributed by atoms with Crippen LogP contribution in [0.3, 0.4) is 0 Å². The van der Waals surface area contributed by atoms with Crippen molar-refractivity contribution in [3.63, 3.8) is 0 Å². The molecule has 1 heterocycles. The molecule has 0 saturated carbocycles. The molecule has 0 spiro atoms. The second kappa shape index (κ2) is 3.38. The van der Waals surface area contributed by atoms with Gasteiger partial charge in [-0.1, -0.05) is 11.0 Å². The standard InChI is InChI=1S/C11H12BNO2S/c1-7-6-10-9(8(2)11(7)12)4-5-13(10)16(3,14)15/h4-6H,1-3H3. The molecule has 1 aromatic carbocycles. The molecule has 0 bridgehead atoms. The summed E-state index contributed by atoms with van der Waals surface area (Å²) in [6, 6.07) is 3.58. The zero-order chi connectivity index (χ0) is 12.1. The van der Waals surface area contributed by atoms with Crippen LogP contribution in [0.4, 0.5) is 0 Å². The molecule has 0 aliphatic rings. The van der Waals surface area contributed by atoms with Gasteiger partial charge >= 0.3 is 0 Å². The zero-order valence-corrected chi connectivity index (χ0v) is 10.3. The molecule has 0 saturated heterocycles. The molecule has 0 unspecified atom stereocenters. The first-order valence-corrected chi connectivity index (χ1v) is 6.74. The van der Waals surface area contributed by atoms with E-state index in [1.807, 2.05) is 13.8 Å². The number of hydrogen-bond acceptors (Lipinski definition) is 2. The Balaban J connectivity index is 2.95. The summed E-state index contributed by atoms with van der Waals surface area (Å²) < 4.78 is 24.4. The average Bonchev–Trinajstić information content (AvgIpc) is 2.57. The number of aryl methyl sites for hydroxylation is 2. The molecule has 0 fully saturated rings. The van der Waals surface area contributed by atoms with Crippen LogP contribution >= 0.6 is 0 Å². The van der Waals surface area contributed by atoms with Crippen LogP contribution < -0.4 is 5.46 Å². The highest BCUT2D eigenvalue weighted by Gasteiger charge is 2.12. The second-order valence-electron chi connectivity index (χ2n) is 4.04. The maximum absolute atomic E-state index is 11.5. The smallest absolute Gasteiger partial charge is 0.236 e. The third-order valence-electron chi connectivity index (χ3n) is 2.83. The number of hydrogen-bond donors (Lipinski definition) is 0. The minimum absolute atomic E-state index is 0.687. The van der Waals surface area contributed by atoms with E-state index in [1.54, 1.807) is 18.3 Å². The van der Waals surface area contributed by atoms with E-state index in [9.17, 15) is 8.42 Å². The third kappa shape index (κ3) is 1.55. The molecule has 2 aromatic rings. The summed E-state index contributed by atoms with van der Waals surface area (Å²) in [6.45, 7) is 3.78. The molecule has 82 valence electrons. The van der Waals surface area contributed by atoms with Gasteiger partial charge in [0.25, 0.3) is 0 Å². The van der Waals surface area contributed by atoms with Crippen molar-refractivity contribution >= 4 is 34.2 Å². The molecule has 0 aliphatic heterocycles. The first kappa shape index (κ1) is 11.3. The highest BCUT2D eigenvalue weighted by atomic mass is 32.2. The maximum atomic E-state index is 11.5. The van der Waals surface area contributed by atoms with Crippen LogP contribution in [0.25, 0.3) is 10.9 Å². The van der Waals surface area contributed by atoms with Crippen molar-refractivity contribution < 1.29 is 8.42 Å². The quantitative estimate of drug-likeness (QED) is 0.685. The fraction of sp³-hybridized carbons (Fsp3) is 0.273. The van der Waals surface area contributed by atoms with Crippen molar-refractivity contribution in [3.05, 3.63) is 29.5 Å². The Labute approximate surface area is 96.5 Å². The Kier molecular flexibility index (Phi) is 2.38. The van der Waals surface area contributed by atoms with Gasteiger partial charge in [-0.2, -0.15) is 0 Å². The van der Waals surface area contributed by atoms with Gasteiger partial charge in [-0.15, -0.1) is 0 Å². The number of nitrogens with zero attached hydrogens (tertiary/aromatic N) is 1. The van der Waals surface area contributed by atoms with Gasteiger partial charge < -0.3 is 0 Å². The van der Waals surface area contributed by atoms with Gasteiger partial charge in [0.05, 0.1) is 11.8 Å². The Morgan fingerprint density at radius 3 is 2.50 bits per heavy atom. The van der Waals surface area contributed by atoms with Crippen LogP contribution in [0.15, 0.2) is 18.3 Å². The van der Waals surface area contributed by atoms with Crippen LogP contribution in [-0.2, 0) is 10.0 Å². The molecule has 1 aromatic heterocycles. The minimum atomic E-state index is -3.26. The molecule has 0 amide bonds. The van der Waals surface area contributed by atoms with Crippen LogP contribution in [-0.4, -0.2) is 26.5 Å². The Bertz CT molecular complexity index is 671.